The Morgan fingerprint density at radius 3 is 2.50 bits per heavy atom. The van der Waals surface area contributed by atoms with Gasteiger partial charge in [0.2, 0.25) is 0 Å². The minimum atomic E-state index is -1.49. The van der Waals surface area contributed by atoms with Crippen molar-refractivity contribution in [2.24, 2.45) is 5.41 Å². The zero-order chi connectivity index (χ0) is 18.2. The molecule has 132 valence electrons. The van der Waals surface area contributed by atoms with Gasteiger partial charge in [-0.2, -0.15) is 0 Å². The zero-order valence-corrected chi connectivity index (χ0v) is 14.2. The highest BCUT2D eigenvalue weighted by Crippen LogP contribution is 2.24. The van der Waals surface area contributed by atoms with Gasteiger partial charge in [0.15, 0.2) is 5.41 Å². The van der Waals surface area contributed by atoms with E-state index < -0.39 is 22.3 Å². The molecule has 0 heterocycles. The van der Waals surface area contributed by atoms with Crippen LogP contribution in [0.1, 0.15) is 46.5 Å². The van der Waals surface area contributed by atoms with Crippen LogP contribution in [-0.4, -0.2) is 23.5 Å². The summed E-state index contributed by atoms with van der Waals surface area (Å²) in [5.41, 5.74) is -1.69. The number of nitrogens with zero attached hydrogens (tertiary/aromatic N) is 1. The third-order valence-electron chi connectivity index (χ3n) is 3.49. The third kappa shape index (κ3) is 5.64. The summed E-state index contributed by atoms with van der Waals surface area (Å²) >= 11 is 0. The molecule has 1 aromatic carbocycles. The molecule has 7 heteroatoms. The monoisotopic (exact) mass is 337 g/mol. The first-order valence-electron chi connectivity index (χ1n) is 7.93. The van der Waals surface area contributed by atoms with Gasteiger partial charge in [0, 0.05) is 6.07 Å². The van der Waals surface area contributed by atoms with E-state index in [1.54, 1.807) is 0 Å². The molecular weight excluding hydrogens is 314 g/mol. The van der Waals surface area contributed by atoms with E-state index in [2.05, 4.69) is 6.92 Å². The number of nitro groups is 1. The maximum absolute atomic E-state index is 12.2. The van der Waals surface area contributed by atoms with Crippen LogP contribution in [-0.2, 0) is 14.3 Å². The number of rotatable bonds is 9. The first-order valence-corrected chi connectivity index (χ1v) is 7.93. The molecule has 1 rings (SSSR count). The highest BCUT2D eigenvalue weighted by molar-refractivity contribution is 5.99. The number of carbonyl (C=O) groups excluding carboxylic acids is 2. The number of benzene rings is 1. The number of hydrogen-bond donors (Lipinski definition) is 0. The number of unbranched alkanes of at least 4 members (excludes halogenated alkanes) is 3. The summed E-state index contributed by atoms with van der Waals surface area (Å²) in [5, 5.41) is 10.7. The summed E-state index contributed by atoms with van der Waals surface area (Å²) < 4.78 is 10.2. The minimum Gasteiger partial charge on any atom is -0.465 e. The van der Waals surface area contributed by atoms with Crippen LogP contribution in [0.5, 0.6) is 5.75 Å². The maximum atomic E-state index is 12.2. The smallest absolute Gasteiger partial charge is 0.328 e. The van der Waals surface area contributed by atoms with Crippen LogP contribution < -0.4 is 4.74 Å². The zero-order valence-electron chi connectivity index (χ0n) is 14.2. The molecule has 0 bridgehead atoms. The van der Waals surface area contributed by atoms with Gasteiger partial charge in [-0.3, -0.25) is 19.7 Å². The average molecular weight is 337 g/mol. The average Bonchev–Trinajstić information content (AvgIpc) is 2.54. The second-order valence-corrected chi connectivity index (χ2v) is 5.97. The number of ether oxygens (including phenoxy) is 2. The Balaban J connectivity index is 2.62. The fourth-order valence-electron chi connectivity index (χ4n) is 1.85. The van der Waals surface area contributed by atoms with Crippen molar-refractivity contribution in [3.05, 3.63) is 34.4 Å². The van der Waals surface area contributed by atoms with Crippen LogP contribution in [0.15, 0.2) is 24.3 Å². The molecule has 24 heavy (non-hydrogen) atoms. The molecular formula is C17H23NO6. The van der Waals surface area contributed by atoms with Gasteiger partial charge in [-0.15, -0.1) is 0 Å². The van der Waals surface area contributed by atoms with Crippen LogP contribution in [0.25, 0.3) is 0 Å². The van der Waals surface area contributed by atoms with Crippen molar-refractivity contribution in [3.8, 4) is 5.75 Å². The van der Waals surface area contributed by atoms with Crippen LogP contribution in [0, 0.1) is 15.5 Å². The lowest BCUT2D eigenvalue weighted by atomic mass is 9.94. The number of nitro benzene ring substituents is 1. The Kier molecular flexibility index (Phi) is 7.35. The number of non-ortho nitro benzene ring substituents is 1. The first kappa shape index (κ1) is 19.6. The molecule has 0 saturated heterocycles. The topological polar surface area (TPSA) is 95.7 Å². The summed E-state index contributed by atoms with van der Waals surface area (Å²) in [5.74, 6) is -1.48. The van der Waals surface area contributed by atoms with E-state index >= 15 is 0 Å². The molecule has 0 aliphatic rings. The quantitative estimate of drug-likeness (QED) is 0.170. The van der Waals surface area contributed by atoms with Crippen molar-refractivity contribution >= 4 is 17.6 Å². The summed E-state index contributed by atoms with van der Waals surface area (Å²) in [4.78, 5) is 34.4. The molecule has 0 unspecified atom stereocenters. The lowest BCUT2D eigenvalue weighted by Gasteiger charge is -2.20. The van der Waals surface area contributed by atoms with Gasteiger partial charge in [0.25, 0.3) is 5.69 Å². The molecule has 0 aliphatic heterocycles. The van der Waals surface area contributed by atoms with Crippen molar-refractivity contribution in [3.63, 3.8) is 0 Å². The highest BCUT2D eigenvalue weighted by atomic mass is 16.6. The van der Waals surface area contributed by atoms with Crippen molar-refractivity contribution < 1.29 is 24.0 Å². The summed E-state index contributed by atoms with van der Waals surface area (Å²) in [6.07, 6.45) is 3.85. The van der Waals surface area contributed by atoms with Crippen LogP contribution >= 0.6 is 0 Å². The fourth-order valence-corrected chi connectivity index (χ4v) is 1.85. The lowest BCUT2D eigenvalue weighted by molar-refractivity contribution is -0.384. The van der Waals surface area contributed by atoms with Gasteiger partial charge in [-0.25, -0.2) is 0 Å². The number of carbonyl (C=O) groups is 2. The van der Waals surface area contributed by atoms with Crippen LogP contribution in [0.4, 0.5) is 5.69 Å². The molecule has 0 radical (unpaired) electrons. The summed E-state index contributed by atoms with van der Waals surface area (Å²) in [6.45, 7) is 5.15. The fraction of sp³-hybridized carbons (Fsp3) is 0.529. The van der Waals surface area contributed by atoms with E-state index in [1.165, 1.54) is 32.0 Å². The normalized spacial score (nSPS) is 11.0. The third-order valence-corrected chi connectivity index (χ3v) is 3.49. The van der Waals surface area contributed by atoms with Crippen molar-refractivity contribution in [1.29, 1.82) is 0 Å². The van der Waals surface area contributed by atoms with Crippen molar-refractivity contribution in [1.82, 2.24) is 0 Å². The Morgan fingerprint density at radius 1 is 1.17 bits per heavy atom. The molecule has 0 aliphatic carbocycles. The molecule has 7 nitrogen and oxygen atoms in total. The maximum Gasteiger partial charge on any atom is 0.328 e. The Bertz CT molecular complexity index is 596. The van der Waals surface area contributed by atoms with Gasteiger partial charge >= 0.3 is 11.9 Å². The van der Waals surface area contributed by atoms with E-state index in [0.29, 0.717) is 0 Å². The molecule has 0 saturated carbocycles. The first-order chi connectivity index (χ1) is 11.3. The Hall–Kier alpha value is -2.44. The SMILES string of the molecule is CCCCCCOC(=O)C(C)(C)C(=O)Oc1cccc([N+](=O)[O-])c1. The largest absolute Gasteiger partial charge is 0.465 e. The number of hydrogen-bond acceptors (Lipinski definition) is 6. The molecule has 1 aromatic rings. The van der Waals surface area contributed by atoms with E-state index in [1.807, 2.05) is 0 Å². The van der Waals surface area contributed by atoms with Crippen molar-refractivity contribution in [2.45, 2.75) is 46.5 Å². The predicted molar refractivity (Wildman–Crippen MR) is 87.6 cm³/mol. The summed E-state index contributed by atoms with van der Waals surface area (Å²) in [7, 11) is 0. The van der Waals surface area contributed by atoms with E-state index in [4.69, 9.17) is 9.47 Å². The second kappa shape index (κ2) is 9.00. The standard InChI is InChI=1S/C17H23NO6/c1-4-5-6-7-11-23-15(19)17(2,3)16(20)24-14-10-8-9-13(12-14)18(21)22/h8-10,12H,4-7,11H2,1-3H3. The molecule has 0 aromatic heterocycles. The van der Waals surface area contributed by atoms with Gasteiger partial charge in [0.05, 0.1) is 17.6 Å². The van der Waals surface area contributed by atoms with E-state index in [0.717, 1.165) is 31.7 Å². The Morgan fingerprint density at radius 2 is 1.88 bits per heavy atom. The second-order valence-electron chi connectivity index (χ2n) is 5.97. The van der Waals surface area contributed by atoms with Crippen LogP contribution in [0.3, 0.4) is 0 Å². The van der Waals surface area contributed by atoms with Crippen LogP contribution in [0.2, 0.25) is 0 Å². The summed E-state index contributed by atoms with van der Waals surface area (Å²) in [6, 6.07) is 5.23. The van der Waals surface area contributed by atoms with Crippen molar-refractivity contribution in [2.75, 3.05) is 6.61 Å². The molecule has 0 atom stereocenters. The Labute approximate surface area is 141 Å². The molecule has 0 N–H and O–H groups in total. The highest BCUT2D eigenvalue weighted by Gasteiger charge is 2.40. The van der Waals surface area contributed by atoms with E-state index in [-0.39, 0.29) is 18.0 Å². The lowest BCUT2D eigenvalue weighted by Crippen LogP contribution is -2.38. The predicted octanol–water partition coefficient (Wildman–Crippen LogP) is 3.65. The molecule has 0 spiro atoms. The molecule has 0 amide bonds. The van der Waals surface area contributed by atoms with Gasteiger partial charge in [-0.1, -0.05) is 32.3 Å². The molecule has 0 fully saturated rings. The minimum absolute atomic E-state index is 0.0121. The number of esters is 2. The van der Waals surface area contributed by atoms with Gasteiger partial charge in [-0.05, 0) is 26.3 Å². The van der Waals surface area contributed by atoms with Gasteiger partial charge < -0.3 is 9.47 Å². The van der Waals surface area contributed by atoms with Gasteiger partial charge in [0.1, 0.15) is 5.75 Å². The van der Waals surface area contributed by atoms with E-state index in [9.17, 15) is 19.7 Å².